The minimum absolute atomic E-state index is 0.0898. The fourth-order valence-electron chi connectivity index (χ4n) is 4.24. The molecule has 0 radical (unpaired) electrons. The topological polar surface area (TPSA) is 66.9 Å². The molecule has 37 heavy (non-hydrogen) atoms. The van der Waals surface area contributed by atoms with Crippen LogP contribution < -0.4 is 14.5 Å². The van der Waals surface area contributed by atoms with Crippen LogP contribution in [-0.2, 0) is 9.59 Å². The van der Waals surface area contributed by atoms with Gasteiger partial charge in [0.2, 0.25) is 0 Å². The second-order valence-corrected chi connectivity index (χ2v) is 8.98. The number of benzene rings is 3. The zero-order valence-electron chi connectivity index (χ0n) is 21.1. The lowest BCUT2D eigenvalue weighted by Crippen LogP contribution is -2.57. The summed E-state index contributed by atoms with van der Waals surface area (Å²) in [7, 11) is 0. The first-order chi connectivity index (χ1) is 18.1. The Kier molecular flexibility index (Phi) is 8.87. The van der Waals surface area contributed by atoms with Crippen molar-refractivity contribution < 1.29 is 19.1 Å². The monoisotopic (exact) mass is 496 g/mol. The molecule has 1 fully saturated rings. The smallest absolute Gasteiger partial charge is 0.343 e. The quantitative estimate of drug-likeness (QED) is 0.163. The van der Waals surface area contributed by atoms with Crippen LogP contribution in [0.2, 0.25) is 0 Å². The SMILES string of the molecule is CCCCCCCCOc1ccc(C=C2C(=O)N(c3ccccc3)C(=O)N(c3ccccc3)C2=O)cc1. The number of barbiturate groups is 1. The van der Waals surface area contributed by atoms with Crippen LogP contribution in [0.1, 0.15) is 51.0 Å². The van der Waals surface area contributed by atoms with E-state index in [4.69, 9.17) is 4.74 Å². The molecular weight excluding hydrogens is 464 g/mol. The number of nitrogens with zero attached hydrogens (tertiary/aromatic N) is 2. The van der Waals surface area contributed by atoms with Gasteiger partial charge in [0.05, 0.1) is 18.0 Å². The van der Waals surface area contributed by atoms with Gasteiger partial charge in [0.1, 0.15) is 11.3 Å². The molecule has 0 saturated carbocycles. The number of hydrogen-bond acceptors (Lipinski definition) is 4. The van der Waals surface area contributed by atoms with E-state index in [1.807, 2.05) is 12.1 Å². The summed E-state index contributed by atoms with van der Waals surface area (Å²) >= 11 is 0. The van der Waals surface area contributed by atoms with Gasteiger partial charge in [-0.1, -0.05) is 87.6 Å². The van der Waals surface area contributed by atoms with Crippen LogP contribution in [0, 0.1) is 0 Å². The number of amides is 4. The van der Waals surface area contributed by atoms with Crippen molar-refractivity contribution in [1.29, 1.82) is 0 Å². The number of imide groups is 2. The highest BCUT2D eigenvalue weighted by molar-refractivity contribution is 6.46. The molecule has 1 heterocycles. The Hall–Kier alpha value is -4.19. The number of urea groups is 1. The molecule has 0 spiro atoms. The number of hydrogen-bond donors (Lipinski definition) is 0. The summed E-state index contributed by atoms with van der Waals surface area (Å²) in [5.41, 5.74) is 1.37. The highest BCUT2D eigenvalue weighted by Gasteiger charge is 2.43. The molecule has 0 aromatic heterocycles. The van der Waals surface area contributed by atoms with Crippen molar-refractivity contribution in [2.75, 3.05) is 16.4 Å². The van der Waals surface area contributed by atoms with E-state index in [0.717, 1.165) is 28.4 Å². The van der Waals surface area contributed by atoms with Gasteiger partial charge in [0.15, 0.2) is 0 Å². The largest absolute Gasteiger partial charge is 0.494 e. The van der Waals surface area contributed by atoms with Crippen molar-refractivity contribution >= 4 is 35.3 Å². The average Bonchev–Trinajstić information content (AvgIpc) is 2.92. The zero-order chi connectivity index (χ0) is 26.0. The van der Waals surface area contributed by atoms with Gasteiger partial charge in [0, 0.05) is 0 Å². The van der Waals surface area contributed by atoms with E-state index in [1.54, 1.807) is 72.8 Å². The first kappa shape index (κ1) is 25.9. The normalized spacial score (nSPS) is 13.8. The second-order valence-electron chi connectivity index (χ2n) is 8.98. The lowest BCUT2D eigenvalue weighted by molar-refractivity contribution is -0.121. The van der Waals surface area contributed by atoms with E-state index < -0.39 is 17.8 Å². The lowest BCUT2D eigenvalue weighted by Gasteiger charge is -2.33. The van der Waals surface area contributed by atoms with Crippen LogP contribution in [0.15, 0.2) is 90.5 Å². The maximum Gasteiger partial charge on any atom is 0.343 e. The number of carbonyl (C=O) groups is 3. The van der Waals surface area contributed by atoms with Gasteiger partial charge in [-0.15, -0.1) is 0 Å². The van der Waals surface area contributed by atoms with Crippen LogP contribution >= 0.6 is 0 Å². The molecule has 4 rings (SSSR count). The molecule has 0 bridgehead atoms. The Bertz CT molecular complexity index is 1170. The predicted molar refractivity (Wildman–Crippen MR) is 147 cm³/mol. The molecule has 4 amide bonds. The number of ether oxygens (including phenoxy) is 1. The average molecular weight is 497 g/mol. The van der Waals surface area contributed by atoms with Crippen LogP contribution in [0.25, 0.3) is 6.08 Å². The van der Waals surface area contributed by atoms with E-state index in [2.05, 4.69) is 6.92 Å². The number of anilines is 2. The minimum Gasteiger partial charge on any atom is -0.494 e. The fourth-order valence-corrected chi connectivity index (χ4v) is 4.24. The number of para-hydroxylation sites is 2. The molecule has 6 heteroatoms. The van der Waals surface area contributed by atoms with Gasteiger partial charge >= 0.3 is 6.03 Å². The summed E-state index contributed by atoms with van der Waals surface area (Å²) in [5, 5.41) is 0. The van der Waals surface area contributed by atoms with Crippen molar-refractivity contribution in [3.05, 3.63) is 96.1 Å². The van der Waals surface area contributed by atoms with E-state index in [0.29, 0.717) is 23.5 Å². The Labute approximate surface area is 218 Å². The van der Waals surface area contributed by atoms with Crippen molar-refractivity contribution in [3.63, 3.8) is 0 Å². The molecule has 0 unspecified atom stereocenters. The molecule has 190 valence electrons. The minimum atomic E-state index is -0.706. The molecule has 0 aliphatic carbocycles. The highest BCUT2D eigenvalue weighted by atomic mass is 16.5. The van der Waals surface area contributed by atoms with Crippen LogP contribution in [-0.4, -0.2) is 24.5 Å². The standard InChI is InChI=1S/C31H32N2O4/c1-2-3-4-5-6-13-22-37-27-20-18-24(19-21-27)23-28-29(34)32(25-14-9-7-10-15-25)31(36)33(30(28)35)26-16-11-8-12-17-26/h7-12,14-21,23H,2-6,13,22H2,1H3. The first-order valence-electron chi connectivity index (χ1n) is 12.9. The van der Waals surface area contributed by atoms with Crippen LogP contribution in [0.5, 0.6) is 5.75 Å². The van der Waals surface area contributed by atoms with Gasteiger partial charge in [-0.25, -0.2) is 14.6 Å². The lowest BCUT2D eigenvalue weighted by atomic mass is 10.0. The third-order valence-corrected chi connectivity index (χ3v) is 6.24. The van der Waals surface area contributed by atoms with Crippen molar-refractivity contribution in [1.82, 2.24) is 0 Å². The van der Waals surface area contributed by atoms with E-state index in [-0.39, 0.29) is 5.57 Å². The summed E-state index contributed by atoms with van der Waals surface area (Å²) in [5.74, 6) is -0.572. The van der Waals surface area contributed by atoms with E-state index >= 15 is 0 Å². The van der Waals surface area contributed by atoms with Crippen LogP contribution in [0.4, 0.5) is 16.2 Å². The third kappa shape index (κ3) is 6.33. The van der Waals surface area contributed by atoms with Crippen molar-refractivity contribution in [2.45, 2.75) is 45.4 Å². The van der Waals surface area contributed by atoms with Gasteiger partial charge in [-0.3, -0.25) is 9.59 Å². The van der Waals surface area contributed by atoms with E-state index in [9.17, 15) is 14.4 Å². The molecule has 3 aromatic carbocycles. The summed E-state index contributed by atoms with van der Waals surface area (Å²) in [6.45, 7) is 2.87. The van der Waals surface area contributed by atoms with E-state index in [1.165, 1.54) is 31.8 Å². The molecule has 1 saturated heterocycles. The van der Waals surface area contributed by atoms with Crippen molar-refractivity contribution in [2.24, 2.45) is 0 Å². The molecule has 0 atom stereocenters. The molecule has 3 aromatic rings. The zero-order valence-corrected chi connectivity index (χ0v) is 21.1. The Morgan fingerprint density at radius 2 is 1.16 bits per heavy atom. The van der Waals surface area contributed by atoms with Crippen LogP contribution in [0.3, 0.4) is 0 Å². The predicted octanol–water partition coefficient (Wildman–Crippen LogP) is 7.01. The highest BCUT2D eigenvalue weighted by Crippen LogP contribution is 2.29. The van der Waals surface area contributed by atoms with Crippen molar-refractivity contribution in [3.8, 4) is 5.75 Å². The first-order valence-corrected chi connectivity index (χ1v) is 12.9. The Morgan fingerprint density at radius 1 is 0.649 bits per heavy atom. The molecule has 0 N–H and O–H groups in total. The summed E-state index contributed by atoms with van der Waals surface area (Å²) < 4.78 is 5.85. The number of rotatable bonds is 11. The van der Waals surface area contributed by atoms with Gasteiger partial charge in [-0.05, 0) is 54.5 Å². The van der Waals surface area contributed by atoms with Gasteiger partial charge in [0.25, 0.3) is 11.8 Å². The maximum absolute atomic E-state index is 13.4. The fraction of sp³-hybridized carbons (Fsp3) is 0.258. The molecule has 1 aliphatic heterocycles. The molecule has 6 nitrogen and oxygen atoms in total. The van der Waals surface area contributed by atoms with Gasteiger partial charge in [-0.2, -0.15) is 0 Å². The molecular formula is C31H32N2O4. The number of carbonyl (C=O) groups excluding carboxylic acids is 3. The second kappa shape index (κ2) is 12.7. The molecule has 1 aliphatic rings. The van der Waals surface area contributed by atoms with Gasteiger partial charge < -0.3 is 4.74 Å². The Balaban J connectivity index is 1.54. The Morgan fingerprint density at radius 3 is 1.70 bits per heavy atom. The third-order valence-electron chi connectivity index (χ3n) is 6.24. The summed E-state index contributed by atoms with van der Waals surface area (Å²) in [6.07, 6.45) is 8.71. The maximum atomic E-state index is 13.4. The summed E-state index contributed by atoms with van der Waals surface area (Å²) in [4.78, 5) is 42.3. The number of unbranched alkanes of at least 4 members (excludes halogenated alkanes) is 5. The summed E-state index contributed by atoms with van der Waals surface area (Å²) in [6, 6.07) is 23.8.